The first-order chi connectivity index (χ1) is 11.8. The van der Waals surface area contributed by atoms with E-state index in [4.69, 9.17) is 0 Å². The molecule has 1 aromatic rings. The number of nitrogens with one attached hydrogen (secondary N) is 2. The van der Waals surface area contributed by atoms with Crippen LogP contribution < -0.4 is 10.6 Å². The van der Waals surface area contributed by atoms with Crippen LogP contribution in [0, 0.1) is 0 Å². The maximum atomic E-state index is 12.1. The van der Waals surface area contributed by atoms with Gasteiger partial charge in [0.05, 0.1) is 0 Å². The number of guanidine groups is 1. The molecule has 2 rings (SSSR count). The summed E-state index contributed by atoms with van der Waals surface area (Å²) in [7, 11) is 0.922. The Morgan fingerprint density at radius 1 is 1.12 bits per heavy atom. The number of halogens is 1. The zero-order valence-electron chi connectivity index (χ0n) is 15.1. The maximum Gasteiger partial charge on any atom is 0.191 e. The van der Waals surface area contributed by atoms with Crippen molar-refractivity contribution in [2.75, 3.05) is 45.5 Å². The fourth-order valence-corrected chi connectivity index (χ4v) is 3.89. The molecule has 0 aromatic heterocycles. The van der Waals surface area contributed by atoms with E-state index in [1.54, 1.807) is 7.05 Å². The summed E-state index contributed by atoms with van der Waals surface area (Å²) >= 11 is 0. The van der Waals surface area contributed by atoms with Crippen molar-refractivity contribution in [2.24, 2.45) is 4.99 Å². The van der Waals surface area contributed by atoms with Gasteiger partial charge in [-0.25, -0.2) is 0 Å². The summed E-state index contributed by atoms with van der Waals surface area (Å²) in [5.74, 6) is 2.04. The normalized spacial score (nSPS) is 16.8. The lowest BCUT2D eigenvalue weighted by atomic mass is 10.1. The molecule has 1 atom stereocenters. The van der Waals surface area contributed by atoms with Crippen LogP contribution in [0.25, 0.3) is 0 Å². The predicted molar refractivity (Wildman–Crippen MR) is 118 cm³/mol. The van der Waals surface area contributed by atoms with Crippen molar-refractivity contribution in [3.05, 3.63) is 35.9 Å². The number of benzene rings is 1. The van der Waals surface area contributed by atoms with Crippen LogP contribution >= 0.6 is 24.0 Å². The minimum Gasteiger partial charge on any atom is -0.355 e. The van der Waals surface area contributed by atoms with E-state index in [1.807, 2.05) is 30.3 Å². The largest absolute Gasteiger partial charge is 0.355 e. The molecule has 1 fully saturated rings. The zero-order valence-corrected chi connectivity index (χ0v) is 18.2. The Balaban J connectivity index is 0.00000312. The van der Waals surface area contributed by atoms with E-state index in [-0.39, 0.29) is 24.0 Å². The molecule has 2 N–H and O–H groups in total. The molecule has 5 nitrogen and oxygen atoms in total. The average Bonchev–Trinajstić information content (AvgIpc) is 2.62. The highest BCUT2D eigenvalue weighted by Gasteiger charge is 2.09. The molecular formula is C18H31IN4OS. The zero-order chi connectivity index (χ0) is 17.0. The van der Waals surface area contributed by atoms with E-state index in [2.05, 4.69) is 20.5 Å². The van der Waals surface area contributed by atoms with E-state index < -0.39 is 10.8 Å². The van der Waals surface area contributed by atoms with Crippen molar-refractivity contribution in [3.8, 4) is 0 Å². The van der Waals surface area contributed by atoms with E-state index >= 15 is 0 Å². The summed E-state index contributed by atoms with van der Waals surface area (Å²) in [5.41, 5.74) is 1.12. The van der Waals surface area contributed by atoms with Crippen LogP contribution in [0.5, 0.6) is 0 Å². The van der Waals surface area contributed by atoms with Crippen molar-refractivity contribution in [2.45, 2.75) is 25.0 Å². The molecule has 1 aromatic carbocycles. The van der Waals surface area contributed by atoms with Gasteiger partial charge in [0.15, 0.2) is 5.96 Å². The minimum absolute atomic E-state index is 0. The lowest BCUT2D eigenvalue weighted by molar-refractivity contribution is 0.232. The molecule has 25 heavy (non-hydrogen) atoms. The number of piperidine rings is 1. The van der Waals surface area contributed by atoms with Crippen molar-refractivity contribution >= 4 is 40.7 Å². The Labute approximate surface area is 171 Å². The predicted octanol–water partition coefficient (Wildman–Crippen LogP) is 2.20. The van der Waals surface area contributed by atoms with Crippen molar-refractivity contribution < 1.29 is 4.21 Å². The second-order valence-electron chi connectivity index (χ2n) is 6.10. The molecule has 0 saturated carbocycles. The number of likely N-dealkylation sites (tertiary alicyclic amines) is 1. The number of aliphatic imine (C=N–C) groups is 1. The van der Waals surface area contributed by atoms with Gasteiger partial charge in [-0.3, -0.25) is 9.20 Å². The fourth-order valence-electron chi connectivity index (χ4n) is 2.85. The van der Waals surface area contributed by atoms with Gasteiger partial charge in [0.2, 0.25) is 0 Å². The van der Waals surface area contributed by atoms with E-state index in [0.717, 1.165) is 24.6 Å². The van der Waals surface area contributed by atoms with Gasteiger partial charge in [0, 0.05) is 49.0 Å². The molecule has 1 saturated heterocycles. The Morgan fingerprint density at radius 3 is 2.48 bits per heavy atom. The highest BCUT2D eigenvalue weighted by atomic mass is 127. The van der Waals surface area contributed by atoms with Crippen molar-refractivity contribution in [1.82, 2.24) is 15.5 Å². The van der Waals surface area contributed by atoms with Gasteiger partial charge >= 0.3 is 0 Å². The van der Waals surface area contributed by atoms with Gasteiger partial charge in [0.1, 0.15) is 0 Å². The minimum atomic E-state index is -0.852. The van der Waals surface area contributed by atoms with Gasteiger partial charge in [0.25, 0.3) is 0 Å². The van der Waals surface area contributed by atoms with Gasteiger partial charge in [-0.05, 0) is 31.5 Å². The summed E-state index contributed by atoms with van der Waals surface area (Å²) in [5, 5.41) is 6.59. The third-order valence-corrected chi connectivity index (χ3v) is 5.50. The topological polar surface area (TPSA) is 56.7 Å². The van der Waals surface area contributed by atoms with Gasteiger partial charge < -0.3 is 15.5 Å². The smallest absolute Gasteiger partial charge is 0.191 e. The molecule has 0 bridgehead atoms. The third kappa shape index (κ3) is 9.55. The first-order valence-electron chi connectivity index (χ1n) is 8.83. The third-order valence-electron chi connectivity index (χ3n) is 4.19. The van der Waals surface area contributed by atoms with Crippen LogP contribution in [0.15, 0.2) is 35.3 Å². The second kappa shape index (κ2) is 13.5. The molecule has 0 aliphatic carbocycles. The van der Waals surface area contributed by atoms with Crippen LogP contribution in [0.4, 0.5) is 0 Å². The molecule has 1 aliphatic rings. The molecule has 0 spiro atoms. The number of nitrogens with zero attached hydrogens (tertiary/aromatic N) is 2. The quantitative estimate of drug-likeness (QED) is 0.342. The van der Waals surface area contributed by atoms with Gasteiger partial charge in [-0.1, -0.05) is 36.8 Å². The van der Waals surface area contributed by atoms with Crippen LogP contribution in [0.2, 0.25) is 0 Å². The molecule has 142 valence electrons. The summed E-state index contributed by atoms with van der Waals surface area (Å²) in [6, 6.07) is 9.99. The Hall–Kier alpha value is -0.670. The lowest BCUT2D eigenvalue weighted by Gasteiger charge is -2.26. The molecule has 1 heterocycles. The van der Waals surface area contributed by atoms with Crippen LogP contribution in [0.3, 0.4) is 0 Å². The van der Waals surface area contributed by atoms with E-state index in [1.165, 1.54) is 32.4 Å². The van der Waals surface area contributed by atoms with Crippen LogP contribution in [-0.2, 0) is 16.6 Å². The van der Waals surface area contributed by atoms with Crippen molar-refractivity contribution in [1.29, 1.82) is 0 Å². The number of hydrogen-bond donors (Lipinski definition) is 2. The Kier molecular flexibility index (Phi) is 12.1. The standard InChI is InChI=1S/C18H30N4OS.HI/c1-19-18(20-10-14-22-12-6-3-7-13-22)21-11-15-24(23)16-17-8-4-2-5-9-17;/h2,4-5,8-9H,3,6-7,10-16H2,1H3,(H2,19,20,21);1H. The summed E-state index contributed by atoms with van der Waals surface area (Å²) in [4.78, 5) is 6.73. The SMILES string of the molecule is CN=C(NCCN1CCCCC1)NCCS(=O)Cc1ccccc1.I. The fraction of sp³-hybridized carbons (Fsp3) is 0.611. The van der Waals surface area contributed by atoms with Crippen LogP contribution in [-0.4, -0.2) is 60.6 Å². The molecule has 1 aliphatic heterocycles. The van der Waals surface area contributed by atoms with Gasteiger partial charge in [-0.2, -0.15) is 0 Å². The summed E-state index contributed by atoms with van der Waals surface area (Å²) < 4.78 is 12.1. The first kappa shape index (κ1) is 22.4. The average molecular weight is 478 g/mol. The van der Waals surface area contributed by atoms with Gasteiger partial charge in [-0.15, -0.1) is 24.0 Å². The number of rotatable bonds is 8. The van der Waals surface area contributed by atoms with E-state index in [0.29, 0.717) is 18.1 Å². The molecule has 7 heteroatoms. The molecule has 0 amide bonds. The molecule has 0 radical (unpaired) electrons. The highest BCUT2D eigenvalue weighted by Crippen LogP contribution is 2.07. The summed E-state index contributed by atoms with van der Waals surface area (Å²) in [6.07, 6.45) is 4.01. The Bertz CT molecular complexity index is 521. The van der Waals surface area contributed by atoms with E-state index in [9.17, 15) is 4.21 Å². The summed E-state index contributed by atoms with van der Waals surface area (Å²) in [6.45, 7) is 5.05. The molecule has 1 unspecified atom stereocenters. The maximum absolute atomic E-state index is 12.1. The number of hydrogen-bond acceptors (Lipinski definition) is 3. The van der Waals surface area contributed by atoms with Crippen molar-refractivity contribution in [3.63, 3.8) is 0 Å². The monoisotopic (exact) mass is 478 g/mol. The van der Waals surface area contributed by atoms with Crippen LogP contribution in [0.1, 0.15) is 24.8 Å². The first-order valence-corrected chi connectivity index (χ1v) is 10.3. The molecular weight excluding hydrogens is 447 g/mol. The second-order valence-corrected chi connectivity index (χ2v) is 7.68. The Morgan fingerprint density at radius 2 is 1.80 bits per heavy atom. The lowest BCUT2D eigenvalue weighted by Crippen LogP contribution is -2.43. The highest BCUT2D eigenvalue weighted by molar-refractivity contribution is 14.0.